The molecule has 0 amide bonds. The molecule has 2 atom stereocenters. The molecule has 0 aromatic carbocycles. The Kier molecular flexibility index (Phi) is 4.03. The predicted octanol–water partition coefficient (Wildman–Crippen LogP) is 3.55. The fraction of sp³-hybridized carbons (Fsp3) is 0.600. The first kappa shape index (κ1) is 14.9. The van der Waals surface area contributed by atoms with Crippen LogP contribution in [0.1, 0.15) is 30.2 Å². The van der Waals surface area contributed by atoms with E-state index in [9.17, 15) is 4.79 Å². The highest BCUT2D eigenvalue weighted by Gasteiger charge is 2.28. The van der Waals surface area contributed by atoms with Crippen LogP contribution in [0.2, 0.25) is 0 Å². The van der Waals surface area contributed by atoms with E-state index in [1.807, 2.05) is 13.8 Å². The van der Waals surface area contributed by atoms with Gasteiger partial charge in [0, 0.05) is 23.9 Å². The third kappa shape index (κ3) is 2.49. The summed E-state index contributed by atoms with van der Waals surface area (Å²) in [5, 5.41) is 0.790. The first-order valence-electron chi connectivity index (χ1n) is 7.37. The van der Waals surface area contributed by atoms with Crippen LogP contribution in [-0.2, 0) is 11.3 Å². The van der Waals surface area contributed by atoms with E-state index in [2.05, 4.69) is 11.9 Å². The maximum atomic E-state index is 12.8. The number of hydrogen-bond donors (Lipinski definition) is 1. The second kappa shape index (κ2) is 5.66. The maximum Gasteiger partial charge on any atom is 0.263 e. The predicted molar refractivity (Wildman–Crippen MR) is 88.9 cm³/mol. The Hall–Kier alpha value is -0.980. The van der Waals surface area contributed by atoms with Crippen molar-refractivity contribution in [3.05, 3.63) is 25.6 Å². The van der Waals surface area contributed by atoms with Gasteiger partial charge >= 0.3 is 0 Å². The fourth-order valence-corrected chi connectivity index (χ4v) is 4.49. The Morgan fingerprint density at radius 1 is 1.48 bits per heavy atom. The number of ether oxygens (including phenoxy) is 1. The number of aromatic amines is 1. The molecule has 2 aromatic heterocycles. The molecule has 1 aliphatic rings. The average molecular weight is 324 g/mol. The number of H-pyrrole nitrogens is 1. The molecule has 0 saturated carbocycles. The van der Waals surface area contributed by atoms with E-state index in [1.54, 1.807) is 15.9 Å². The molecule has 2 aromatic rings. The van der Waals surface area contributed by atoms with Crippen LogP contribution in [0.5, 0.6) is 0 Å². The minimum absolute atomic E-state index is 0.0392. The van der Waals surface area contributed by atoms with Crippen LogP contribution in [-0.4, -0.2) is 22.3 Å². The van der Waals surface area contributed by atoms with Crippen molar-refractivity contribution in [2.24, 2.45) is 5.92 Å². The number of hydrogen-bond acceptors (Lipinski definition) is 4. The molecule has 0 aliphatic carbocycles. The molecular weight excluding hydrogens is 304 g/mol. The van der Waals surface area contributed by atoms with Gasteiger partial charge in [-0.2, -0.15) is 0 Å². The van der Waals surface area contributed by atoms with Gasteiger partial charge in [-0.25, -0.2) is 0 Å². The Balaban J connectivity index is 2.08. The highest BCUT2D eigenvalue weighted by molar-refractivity contribution is 7.71. The minimum Gasteiger partial charge on any atom is -0.378 e. The van der Waals surface area contributed by atoms with Gasteiger partial charge in [-0.15, -0.1) is 11.3 Å². The number of aromatic nitrogens is 2. The average Bonchev–Trinajstić information content (AvgIpc) is 3.00. The van der Waals surface area contributed by atoms with Crippen molar-refractivity contribution >= 4 is 33.8 Å². The van der Waals surface area contributed by atoms with Crippen molar-refractivity contribution < 1.29 is 4.74 Å². The molecule has 6 heteroatoms. The van der Waals surface area contributed by atoms with Gasteiger partial charge in [-0.05, 0) is 44.5 Å². The minimum atomic E-state index is 0.0392. The van der Waals surface area contributed by atoms with Gasteiger partial charge in [0.25, 0.3) is 5.56 Å². The molecule has 1 N–H and O–H groups in total. The van der Waals surface area contributed by atoms with Gasteiger partial charge in [0.15, 0.2) is 4.77 Å². The third-order valence-corrected chi connectivity index (χ3v) is 5.92. The number of nitrogens with one attached hydrogen (secondary N) is 1. The molecule has 2 unspecified atom stereocenters. The molecule has 1 fully saturated rings. The van der Waals surface area contributed by atoms with Crippen LogP contribution in [0, 0.1) is 24.5 Å². The molecule has 3 rings (SSSR count). The molecule has 3 heterocycles. The van der Waals surface area contributed by atoms with Crippen molar-refractivity contribution in [2.75, 3.05) is 6.61 Å². The molecule has 0 radical (unpaired) electrons. The van der Waals surface area contributed by atoms with Gasteiger partial charge in [-0.3, -0.25) is 9.36 Å². The molecule has 114 valence electrons. The molecule has 1 saturated heterocycles. The van der Waals surface area contributed by atoms with Crippen molar-refractivity contribution in [3.63, 3.8) is 0 Å². The number of rotatable bonds is 3. The second-order valence-corrected chi connectivity index (χ2v) is 7.31. The summed E-state index contributed by atoms with van der Waals surface area (Å²) in [6.45, 7) is 7.61. The zero-order valence-electron chi connectivity index (χ0n) is 12.6. The maximum absolute atomic E-state index is 12.8. The van der Waals surface area contributed by atoms with Crippen LogP contribution in [0.4, 0.5) is 0 Å². The van der Waals surface area contributed by atoms with Crippen molar-refractivity contribution in [1.29, 1.82) is 0 Å². The third-order valence-electron chi connectivity index (χ3n) is 4.48. The topological polar surface area (TPSA) is 47.0 Å². The number of fused-ring (bicyclic) bond motifs is 1. The lowest BCUT2D eigenvalue weighted by atomic mass is 9.99. The summed E-state index contributed by atoms with van der Waals surface area (Å²) in [6, 6.07) is 0. The largest absolute Gasteiger partial charge is 0.378 e. The SMILES string of the molecule is CCC1OCCC1Cn1c(=S)[nH]c2sc(C)c(C)c2c1=O. The van der Waals surface area contributed by atoms with Gasteiger partial charge in [0.2, 0.25) is 0 Å². The summed E-state index contributed by atoms with van der Waals surface area (Å²) in [4.78, 5) is 18.1. The summed E-state index contributed by atoms with van der Waals surface area (Å²) in [6.07, 6.45) is 2.22. The summed E-state index contributed by atoms with van der Waals surface area (Å²) in [5.74, 6) is 0.375. The van der Waals surface area contributed by atoms with Crippen LogP contribution < -0.4 is 5.56 Å². The standard InChI is InChI=1S/C15H20N2O2S2/c1-4-11-10(5-6-19-11)7-17-14(18)12-8(2)9(3)21-13(12)16-15(17)20/h10-11H,4-7H2,1-3H3,(H,16,20). The summed E-state index contributed by atoms with van der Waals surface area (Å²) in [5.41, 5.74) is 1.10. The van der Waals surface area contributed by atoms with Gasteiger partial charge in [0.1, 0.15) is 4.83 Å². The van der Waals surface area contributed by atoms with Crippen molar-refractivity contribution in [3.8, 4) is 0 Å². The van der Waals surface area contributed by atoms with E-state index in [4.69, 9.17) is 17.0 Å². The first-order chi connectivity index (χ1) is 10.0. The molecule has 4 nitrogen and oxygen atoms in total. The number of aryl methyl sites for hydroxylation is 2. The monoisotopic (exact) mass is 324 g/mol. The Labute approximate surface area is 132 Å². The zero-order chi connectivity index (χ0) is 15.1. The smallest absolute Gasteiger partial charge is 0.263 e. The van der Waals surface area contributed by atoms with Crippen molar-refractivity contribution in [2.45, 2.75) is 46.3 Å². The summed E-state index contributed by atoms with van der Waals surface area (Å²) < 4.78 is 7.97. The summed E-state index contributed by atoms with van der Waals surface area (Å²) in [7, 11) is 0. The highest BCUT2D eigenvalue weighted by atomic mass is 32.1. The fourth-order valence-electron chi connectivity index (χ4n) is 3.12. The van der Waals surface area contributed by atoms with E-state index >= 15 is 0 Å². The Bertz CT molecular complexity index is 787. The lowest BCUT2D eigenvalue weighted by Gasteiger charge is -2.18. The van der Waals surface area contributed by atoms with E-state index in [0.29, 0.717) is 17.2 Å². The molecular formula is C15H20N2O2S2. The summed E-state index contributed by atoms with van der Waals surface area (Å²) >= 11 is 7.01. The molecule has 0 spiro atoms. The Morgan fingerprint density at radius 2 is 2.24 bits per heavy atom. The van der Waals surface area contributed by atoms with Crippen LogP contribution >= 0.6 is 23.6 Å². The normalized spacial score (nSPS) is 22.2. The second-order valence-electron chi connectivity index (χ2n) is 5.70. The molecule has 0 bridgehead atoms. The highest BCUT2D eigenvalue weighted by Crippen LogP contribution is 2.27. The quantitative estimate of drug-likeness (QED) is 0.878. The number of thiophene rings is 1. The first-order valence-corrected chi connectivity index (χ1v) is 8.59. The van der Waals surface area contributed by atoms with Crippen LogP contribution in [0.25, 0.3) is 10.2 Å². The van der Waals surface area contributed by atoms with E-state index < -0.39 is 0 Å². The lowest BCUT2D eigenvalue weighted by molar-refractivity contribution is 0.0831. The van der Waals surface area contributed by atoms with Crippen molar-refractivity contribution in [1.82, 2.24) is 9.55 Å². The number of nitrogens with zero attached hydrogens (tertiary/aromatic N) is 1. The van der Waals surface area contributed by atoms with Gasteiger partial charge < -0.3 is 9.72 Å². The molecule has 21 heavy (non-hydrogen) atoms. The van der Waals surface area contributed by atoms with E-state index in [0.717, 1.165) is 35.2 Å². The van der Waals surface area contributed by atoms with E-state index in [-0.39, 0.29) is 11.7 Å². The molecule has 1 aliphatic heterocycles. The lowest BCUT2D eigenvalue weighted by Crippen LogP contribution is -2.29. The zero-order valence-corrected chi connectivity index (χ0v) is 14.2. The van der Waals surface area contributed by atoms with E-state index in [1.165, 1.54) is 4.88 Å². The van der Waals surface area contributed by atoms with Gasteiger partial charge in [0.05, 0.1) is 11.5 Å². The van der Waals surface area contributed by atoms with Gasteiger partial charge in [-0.1, -0.05) is 6.92 Å². The Morgan fingerprint density at radius 3 is 2.95 bits per heavy atom. The van der Waals surface area contributed by atoms with Crippen LogP contribution in [0.3, 0.4) is 0 Å². The van der Waals surface area contributed by atoms with Crippen LogP contribution in [0.15, 0.2) is 4.79 Å².